The van der Waals surface area contributed by atoms with Gasteiger partial charge in [-0.3, -0.25) is 23.4 Å². The van der Waals surface area contributed by atoms with Gasteiger partial charge in [-0.25, -0.2) is 9.36 Å². The molecule has 0 aliphatic carbocycles. The van der Waals surface area contributed by atoms with Crippen molar-refractivity contribution >= 4 is 7.82 Å². The summed E-state index contributed by atoms with van der Waals surface area (Å²) in [6.07, 6.45) is -4.30. The van der Waals surface area contributed by atoms with Crippen molar-refractivity contribution in [3.63, 3.8) is 0 Å². The molecule has 0 bridgehead atoms. The van der Waals surface area contributed by atoms with E-state index in [1.54, 1.807) is 4.98 Å². The summed E-state index contributed by atoms with van der Waals surface area (Å²) in [7, 11) is -4.39. The standard InChI is InChI=1S/C13H20FN2O9P/c1-2-3-4-23-26(21,22)24-6-8-9(17)10(18)12(25-8)16-5-7(14)11(19)15-13(16)20/h5,8-10,12,17-18H,2-4,6H2,1H3,(H,21,22)(H,15,19,20). The maximum absolute atomic E-state index is 13.4. The number of rotatable bonds is 8. The van der Waals surface area contributed by atoms with Gasteiger partial charge in [-0.15, -0.1) is 0 Å². The summed E-state index contributed by atoms with van der Waals surface area (Å²) in [6.45, 7) is 1.23. The largest absolute Gasteiger partial charge is 0.472 e. The molecule has 2 heterocycles. The number of hydrogen-bond acceptors (Lipinski definition) is 8. The minimum atomic E-state index is -4.39. The van der Waals surface area contributed by atoms with E-state index in [2.05, 4.69) is 0 Å². The molecule has 1 aromatic heterocycles. The van der Waals surface area contributed by atoms with Crippen molar-refractivity contribution in [2.75, 3.05) is 13.2 Å². The summed E-state index contributed by atoms with van der Waals surface area (Å²) in [5, 5.41) is 20.0. The molecule has 0 aromatic carbocycles. The first kappa shape index (κ1) is 20.9. The third-order valence-corrected chi connectivity index (χ3v) is 4.67. The Labute approximate surface area is 146 Å². The molecule has 1 saturated heterocycles. The van der Waals surface area contributed by atoms with Gasteiger partial charge in [0, 0.05) is 0 Å². The van der Waals surface area contributed by atoms with Crippen LogP contribution in [0.25, 0.3) is 0 Å². The normalized spacial score (nSPS) is 28.2. The molecule has 26 heavy (non-hydrogen) atoms. The zero-order valence-corrected chi connectivity index (χ0v) is 14.7. The van der Waals surface area contributed by atoms with Gasteiger partial charge in [0.25, 0.3) is 5.56 Å². The van der Waals surface area contributed by atoms with Gasteiger partial charge >= 0.3 is 13.5 Å². The highest BCUT2D eigenvalue weighted by molar-refractivity contribution is 7.47. The highest BCUT2D eigenvalue weighted by Gasteiger charge is 2.45. The average Bonchev–Trinajstić information content (AvgIpc) is 2.85. The smallest absolute Gasteiger partial charge is 0.387 e. The van der Waals surface area contributed by atoms with Crippen LogP contribution in [0.2, 0.25) is 0 Å². The van der Waals surface area contributed by atoms with Gasteiger partial charge in [-0.05, 0) is 6.42 Å². The van der Waals surface area contributed by atoms with Gasteiger partial charge in [0.05, 0.1) is 19.4 Å². The fourth-order valence-electron chi connectivity index (χ4n) is 2.28. The molecule has 1 aliphatic heterocycles. The Balaban J connectivity index is 2.06. The van der Waals surface area contributed by atoms with Crippen molar-refractivity contribution in [3.05, 3.63) is 32.9 Å². The van der Waals surface area contributed by atoms with Crippen molar-refractivity contribution in [2.24, 2.45) is 0 Å². The van der Waals surface area contributed by atoms with Crippen LogP contribution in [0.4, 0.5) is 4.39 Å². The third-order valence-electron chi connectivity index (χ3n) is 3.69. The Bertz CT molecular complexity index is 782. The zero-order valence-electron chi connectivity index (χ0n) is 13.8. The molecule has 5 unspecified atom stereocenters. The van der Waals surface area contributed by atoms with Crippen molar-refractivity contribution in [3.8, 4) is 0 Å². The number of aliphatic hydroxyl groups excluding tert-OH is 2. The van der Waals surface area contributed by atoms with E-state index in [1.807, 2.05) is 6.92 Å². The number of halogens is 1. The molecule has 4 N–H and O–H groups in total. The lowest BCUT2D eigenvalue weighted by Crippen LogP contribution is -2.38. The predicted octanol–water partition coefficient (Wildman–Crippen LogP) is -0.771. The van der Waals surface area contributed by atoms with Crippen LogP contribution in [0.1, 0.15) is 26.0 Å². The monoisotopic (exact) mass is 398 g/mol. The number of ether oxygens (including phenoxy) is 1. The van der Waals surface area contributed by atoms with Crippen LogP contribution in [0, 0.1) is 5.82 Å². The lowest BCUT2D eigenvalue weighted by Gasteiger charge is -2.17. The molecular formula is C13H20FN2O9P. The Kier molecular flexibility index (Phi) is 6.86. The molecule has 148 valence electrons. The predicted molar refractivity (Wildman–Crippen MR) is 83.8 cm³/mol. The second-order valence-corrected chi connectivity index (χ2v) is 7.09. The van der Waals surface area contributed by atoms with Gasteiger partial charge in [0.15, 0.2) is 6.23 Å². The van der Waals surface area contributed by atoms with Crippen molar-refractivity contribution in [1.29, 1.82) is 0 Å². The number of aromatic nitrogens is 2. The Morgan fingerprint density at radius 3 is 2.69 bits per heavy atom. The SMILES string of the molecule is CCCCOP(=O)(O)OCC1OC(n2cc(F)c(=O)[nH]c2=O)C(O)C1O. The Morgan fingerprint density at radius 2 is 2.04 bits per heavy atom. The van der Waals surface area contributed by atoms with Gasteiger partial charge in [0.2, 0.25) is 5.82 Å². The fourth-order valence-corrected chi connectivity index (χ4v) is 3.05. The Hall–Kier alpha value is -1.40. The maximum Gasteiger partial charge on any atom is 0.472 e. The molecule has 11 nitrogen and oxygen atoms in total. The van der Waals surface area contributed by atoms with Crippen molar-refractivity contribution in [2.45, 2.75) is 44.3 Å². The number of nitrogens with one attached hydrogen (secondary N) is 1. The number of unbranched alkanes of at least 4 members (excludes halogenated alkanes) is 1. The van der Waals surface area contributed by atoms with E-state index in [1.165, 1.54) is 0 Å². The third kappa shape index (κ3) is 4.86. The summed E-state index contributed by atoms with van der Waals surface area (Å²) >= 11 is 0. The number of phosphoric acid groups is 1. The maximum atomic E-state index is 13.4. The number of nitrogens with zero attached hydrogens (tertiary/aromatic N) is 1. The van der Waals surface area contributed by atoms with Crippen molar-refractivity contribution < 1.29 is 37.8 Å². The average molecular weight is 398 g/mol. The number of phosphoric ester groups is 1. The molecule has 13 heteroatoms. The number of aromatic amines is 1. The topological polar surface area (TPSA) is 160 Å². The van der Waals surface area contributed by atoms with E-state index >= 15 is 0 Å². The summed E-state index contributed by atoms with van der Waals surface area (Å²) in [5.41, 5.74) is -2.31. The molecule has 0 saturated carbocycles. The van der Waals surface area contributed by atoms with E-state index in [0.29, 0.717) is 17.2 Å². The second kappa shape index (κ2) is 8.53. The molecule has 5 atom stereocenters. The van der Waals surface area contributed by atoms with E-state index in [4.69, 9.17) is 13.8 Å². The van der Waals surface area contributed by atoms with Crippen LogP contribution >= 0.6 is 7.82 Å². The zero-order chi connectivity index (χ0) is 19.5. The molecular weight excluding hydrogens is 378 g/mol. The van der Waals surface area contributed by atoms with Crippen LogP contribution in [-0.2, 0) is 18.3 Å². The van der Waals surface area contributed by atoms with Crippen LogP contribution in [0.5, 0.6) is 0 Å². The molecule has 2 rings (SSSR count). The van der Waals surface area contributed by atoms with E-state index in [-0.39, 0.29) is 6.61 Å². The minimum absolute atomic E-state index is 0.00431. The highest BCUT2D eigenvalue weighted by atomic mass is 31.2. The molecule has 0 spiro atoms. The van der Waals surface area contributed by atoms with Gasteiger partial charge in [-0.2, -0.15) is 4.39 Å². The van der Waals surface area contributed by atoms with Crippen LogP contribution in [-0.4, -0.2) is 56.2 Å². The lowest BCUT2D eigenvalue weighted by molar-refractivity contribution is -0.0556. The Morgan fingerprint density at radius 1 is 1.35 bits per heavy atom. The fraction of sp³-hybridized carbons (Fsp3) is 0.692. The molecule has 1 aliphatic rings. The van der Waals surface area contributed by atoms with Crippen molar-refractivity contribution in [1.82, 2.24) is 9.55 Å². The quantitative estimate of drug-likeness (QED) is 0.325. The first-order valence-electron chi connectivity index (χ1n) is 7.80. The summed E-state index contributed by atoms with van der Waals surface area (Å²) in [4.78, 5) is 34.0. The van der Waals surface area contributed by atoms with E-state index in [0.717, 1.165) is 6.42 Å². The van der Waals surface area contributed by atoms with Gasteiger partial charge in [-0.1, -0.05) is 13.3 Å². The lowest BCUT2D eigenvalue weighted by atomic mass is 10.1. The first-order chi connectivity index (χ1) is 12.2. The molecule has 0 radical (unpaired) electrons. The summed E-state index contributed by atoms with van der Waals surface area (Å²) in [6, 6.07) is 0. The van der Waals surface area contributed by atoms with Gasteiger partial charge in [0.1, 0.15) is 18.3 Å². The number of H-pyrrole nitrogens is 1. The van der Waals surface area contributed by atoms with Crippen LogP contribution in [0.3, 0.4) is 0 Å². The molecule has 1 aromatic rings. The van der Waals surface area contributed by atoms with Crippen LogP contribution in [0.15, 0.2) is 15.8 Å². The second-order valence-electron chi connectivity index (χ2n) is 5.64. The van der Waals surface area contributed by atoms with E-state index < -0.39 is 56.0 Å². The molecule has 0 amide bonds. The molecule has 1 fully saturated rings. The van der Waals surface area contributed by atoms with Crippen LogP contribution < -0.4 is 11.2 Å². The number of aliphatic hydroxyl groups is 2. The summed E-state index contributed by atoms with van der Waals surface area (Å²) in [5.74, 6) is -1.29. The van der Waals surface area contributed by atoms with E-state index in [9.17, 15) is 33.7 Å². The highest BCUT2D eigenvalue weighted by Crippen LogP contribution is 2.44. The van der Waals surface area contributed by atoms with Gasteiger partial charge < -0.3 is 19.8 Å². The minimum Gasteiger partial charge on any atom is -0.387 e. The first-order valence-corrected chi connectivity index (χ1v) is 9.30. The number of hydrogen-bond donors (Lipinski definition) is 4. The summed E-state index contributed by atoms with van der Waals surface area (Å²) < 4.78 is 40.3.